The topological polar surface area (TPSA) is 55.1 Å². The Morgan fingerprint density at radius 1 is 1.24 bits per heavy atom. The van der Waals surface area contributed by atoms with Gasteiger partial charge in [0.1, 0.15) is 0 Å². The molecule has 0 saturated carbocycles. The molecule has 1 heterocycles. The number of nitrogens with two attached hydrogens (primary N) is 1. The standard InChI is InChI=1S/C15H17ClN2OS.ClH/c1-15(2,17)9-18-14(19)13-8-7-12(20-13)10-3-5-11(16)6-4-10;/h3-8H,9,17H2,1-2H3,(H,18,19);1H. The molecule has 21 heavy (non-hydrogen) atoms. The fourth-order valence-corrected chi connectivity index (χ4v) is 2.68. The Bertz CT molecular complexity index is 603. The first kappa shape index (κ1) is 18.0. The minimum absolute atomic E-state index is 0. The zero-order valence-electron chi connectivity index (χ0n) is 11.9. The van der Waals surface area contributed by atoms with Crippen LogP contribution in [0.2, 0.25) is 5.02 Å². The number of nitrogens with one attached hydrogen (secondary N) is 1. The molecule has 0 aliphatic heterocycles. The number of hydrogen-bond acceptors (Lipinski definition) is 3. The van der Waals surface area contributed by atoms with E-state index in [9.17, 15) is 4.79 Å². The second-order valence-electron chi connectivity index (χ2n) is 5.34. The number of hydrogen-bond donors (Lipinski definition) is 2. The molecule has 6 heteroatoms. The predicted molar refractivity (Wildman–Crippen MR) is 92.6 cm³/mol. The van der Waals surface area contributed by atoms with Crippen molar-refractivity contribution in [2.75, 3.05) is 6.54 Å². The van der Waals surface area contributed by atoms with Crippen LogP contribution in [-0.4, -0.2) is 18.0 Å². The van der Waals surface area contributed by atoms with E-state index < -0.39 is 5.54 Å². The Labute approximate surface area is 139 Å². The number of carbonyl (C=O) groups is 1. The fourth-order valence-electron chi connectivity index (χ4n) is 1.62. The van der Waals surface area contributed by atoms with Gasteiger partial charge in [-0.05, 0) is 43.7 Å². The van der Waals surface area contributed by atoms with Crippen LogP contribution in [0.15, 0.2) is 36.4 Å². The van der Waals surface area contributed by atoms with Gasteiger partial charge in [0.25, 0.3) is 5.91 Å². The summed E-state index contributed by atoms with van der Waals surface area (Å²) in [5.74, 6) is -0.0891. The van der Waals surface area contributed by atoms with E-state index in [1.54, 1.807) is 0 Å². The molecule has 0 saturated heterocycles. The molecular formula is C15H18Cl2N2OS. The van der Waals surface area contributed by atoms with Gasteiger partial charge in [-0.3, -0.25) is 4.79 Å². The highest BCUT2D eigenvalue weighted by Crippen LogP contribution is 2.28. The molecule has 114 valence electrons. The van der Waals surface area contributed by atoms with E-state index in [0.717, 1.165) is 10.4 Å². The zero-order chi connectivity index (χ0) is 14.8. The summed E-state index contributed by atoms with van der Waals surface area (Å²) in [6.45, 7) is 4.20. The number of benzene rings is 1. The smallest absolute Gasteiger partial charge is 0.261 e. The molecule has 1 aromatic carbocycles. The first-order valence-corrected chi connectivity index (χ1v) is 7.47. The summed E-state index contributed by atoms with van der Waals surface area (Å²) in [6, 6.07) is 11.3. The van der Waals surface area contributed by atoms with Crippen LogP contribution in [0.5, 0.6) is 0 Å². The molecule has 0 bridgehead atoms. The maximum atomic E-state index is 12.0. The number of halogens is 2. The predicted octanol–water partition coefficient (Wildman–Crippen LogP) is 3.96. The third-order valence-electron chi connectivity index (χ3n) is 2.66. The van der Waals surface area contributed by atoms with Crippen LogP contribution in [0.3, 0.4) is 0 Å². The van der Waals surface area contributed by atoms with Crippen molar-refractivity contribution in [2.45, 2.75) is 19.4 Å². The van der Waals surface area contributed by atoms with Gasteiger partial charge < -0.3 is 11.1 Å². The van der Waals surface area contributed by atoms with Gasteiger partial charge in [-0.1, -0.05) is 23.7 Å². The average molecular weight is 345 g/mol. The molecule has 2 rings (SSSR count). The van der Waals surface area contributed by atoms with E-state index in [4.69, 9.17) is 17.3 Å². The Kier molecular flexibility index (Phi) is 6.23. The average Bonchev–Trinajstić information content (AvgIpc) is 2.85. The zero-order valence-corrected chi connectivity index (χ0v) is 14.2. The molecule has 0 radical (unpaired) electrons. The van der Waals surface area contributed by atoms with Crippen LogP contribution in [0, 0.1) is 0 Å². The summed E-state index contributed by atoms with van der Waals surface area (Å²) in [6.07, 6.45) is 0. The molecular weight excluding hydrogens is 327 g/mol. The summed E-state index contributed by atoms with van der Waals surface area (Å²) in [5.41, 5.74) is 6.49. The normalized spacial score (nSPS) is 10.9. The summed E-state index contributed by atoms with van der Waals surface area (Å²) < 4.78 is 0. The lowest BCUT2D eigenvalue weighted by Gasteiger charge is -2.18. The first-order valence-electron chi connectivity index (χ1n) is 6.28. The van der Waals surface area contributed by atoms with Crippen molar-refractivity contribution in [3.8, 4) is 10.4 Å². The summed E-state index contributed by atoms with van der Waals surface area (Å²) in [5, 5.41) is 3.54. The van der Waals surface area contributed by atoms with E-state index in [1.807, 2.05) is 50.2 Å². The van der Waals surface area contributed by atoms with Crippen LogP contribution in [0.1, 0.15) is 23.5 Å². The van der Waals surface area contributed by atoms with Gasteiger partial charge in [0.05, 0.1) is 4.88 Å². The highest BCUT2D eigenvalue weighted by molar-refractivity contribution is 7.17. The molecule has 0 aliphatic rings. The summed E-state index contributed by atoms with van der Waals surface area (Å²) in [7, 11) is 0. The second kappa shape index (κ2) is 7.27. The van der Waals surface area contributed by atoms with Crippen molar-refractivity contribution >= 4 is 41.3 Å². The molecule has 2 aromatic rings. The molecule has 3 nitrogen and oxygen atoms in total. The van der Waals surface area contributed by atoms with Crippen molar-refractivity contribution < 1.29 is 4.79 Å². The van der Waals surface area contributed by atoms with Gasteiger partial charge in [0.15, 0.2) is 0 Å². The fraction of sp³-hybridized carbons (Fsp3) is 0.267. The molecule has 0 atom stereocenters. The van der Waals surface area contributed by atoms with Crippen molar-refractivity contribution in [1.29, 1.82) is 0 Å². The van der Waals surface area contributed by atoms with Gasteiger partial charge in [0, 0.05) is 22.0 Å². The second-order valence-corrected chi connectivity index (χ2v) is 6.86. The minimum atomic E-state index is -0.411. The Morgan fingerprint density at radius 2 is 1.86 bits per heavy atom. The van der Waals surface area contributed by atoms with E-state index in [-0.39, 0.29) is 18.3 Å². The van der Waals surface area contributed by atoms with Crippen LogP contribution < -0.4 is 11.1 Å². The van der Waals surface area contributed by atoms with Gasteiger partial charge in [-0.25, -0.2) is 0 Å². The van der Waals surface area contributed by atoms with E-state index in [0.29, 0.717) is 16.4 Å². The lowest BCUT2D eigenvalue weighted by molar-refractivity contribution is 0.0950. The molecule has 3 N–H and O–H groups in total. The Morgan fingerprint density at radius 3 is 2.43 bits per heavy atom. The van der Waals surface area contributed by atoms with Crippen molar-refractivity contribution in [3.05, 3.63) is 46.3 Å². The van der Waals surface area contributed by atoms with Gasteiger partial charge in [-0.15, -0.1) is 23.7 Å². The van der Waals surface area contributed by atoms with Crippen LogP contribution >= 0.6 is 35.3 Å². The maximum Gasteiger partial charge on any atom is 0.261 e. The van der Waals surface area contributed by atoms with E-state index in [2.05, 4.69) is 5.32 Å². The maximum absolute atomic E-state index is 12.0. The van der Waals surface area contributed by atoms with E-state index in [1.165, 1.54) is 11.3 Å². The lowest BCUT2D eigenvalue weighted by atomic mass is 10.1. The van der Waals surface area contributed by atoms with Crippen molar-refractivity contribution in [1.82, 2.24) is 5.32 Å². The highest BCUT2D eigenvalue weighted by atomic mass is 35.5. The molecule has 1 aromatic heterocycles. The molecule has 1 amide bonds. The van der Waals surface area contributed by atoms with Crippen LogP contribution in [0.25, 0.3) is 10.4 Å². The largest absolute Gasteiger partial charge is 0.350 e. The van der Waals surface area contributed by atoms with Gasteiger partial charge in [-0.2, -0.15) is 0 Å². The first-order chi connectivity index (χ1) is 9.35. The highest BCUT2D eigenvalue weighted by Gasteiger charge is 2.15. The lowest BCUT2D eigenvalue weighted by Crippen LogP contribution is -2.44. The van der Waals surface area contributed by atoms with E-state index >= 15 is 0 Å². The van der Waals surface area contributed by atoms with Crippen LogP contribution in [0.4, 0.5) is 0 Å². The molecule has 0 fully saturated rings. The molecule has 0 unspecified atom stereocenters. The molecule has 0 spiro atoms. The minimum Gasteiger partial charge on any atom is -0.350 e. The number of rotatable bonds is 4. The number of thiophene rings is 1. The summed E-state index contributed by atoms with van der Waals surface area (Å²) >= 11 is 7.32. The molecule has 0 aliphatic carbocycles. The number of carbonyl (C=O) groups excluding carboxylic acids is 1. The van der Waals surface area contributed by atoms with Crippen molar-refractivity contribution in [3.63, 3.8) is 0 Å². The Balaban J connectivity index is 0.00000220. The summed E-state index contributed by atoms with van der Waals surface area (Å²) in [4.78, 5) is 13.7. The Hall–Kier alpha value is -1.07. The monoisotopic (exact) mass is 344 g/mol. The quantitative estimate of drug-likeness (QED) is 0.881. The third kappa shape index (κ3) is 5.32. The third-order valence-corrected chi connectivity index (χ3v) is 4.05. The SMILES string of the molecule is CC(C)(N)CNC(=O)c1ccc(-c2ccc(Cl)cc2)s1.Cl. The van der Waals surface area contributed by atoms with Gasteiger partial charge >= 0.3 is 0 Å². The van der Waals surface area contributed by atoms with Crippen molar-refractivity contribution in [2.24, 2.45) is 5.73 Å². The van der Waals surface area contributed by atoms with Gasteiger partial charge in [0.2, 0.25) is 0 Å². The van der Waals surface area contributed by atoms with Crippen LogP contribution in [-0.2, 0) is 0 Å². The number of amides is 1.